The van der Waals surface area contributed by atoms with Crippen molar-refractivity contribution in [3.05, 3.63) is 95.7 Å². The Bertz CT molecular complexity index is 1230. The second-order valence-electron chi connectivity index (χ2n) is 6.98. The fourth-order valence-corrected chi connectivity index (χ4v) is 3.66. The van der Waals surface area contributed by atoms with Crippen molar-refractivity contribution in [2.45, 2.75) is 18.7 Å². The number of aryl methyl sites for hydroxylation is 1. The van der Waals surface area contributed by atoms with E-state index in [9.17, 15) is 18.0 Å². The summed E-state index contributed by atoms with van der Waals surface area (Å²) in [5, 5.41) is 5.22. The van der Waals surface area contributed by atoms with Crippen LogP contribution in [0.1, 0.15) is 18.1 Å². The molecule has 0 atom stereocenters. The maximum absolute atomic E-state index is 12.6. The minimum absolute atomic E-state index is 0.0438. The first-order chi connectivity index (χ1) is 15.2. The zero-order chi connectivity index (χ0) is 23.1. The lowest BCUT2D eigenvalue weighted by Crippen LogP contribution is -2.28. The van der Waals surface area contributed by atoms with Crippen LogP contribution in [0.3, 0.4) is 0 Å². The first-order valence-electron chi connectivity index (χ1n) is 9.70. The van der Waals surface area contributed by atoms with Crippen LogP contribution in [0.15, 0.2) is 89.5 Å². The van der Waals surface area contributed by atoms with Gasteiger partial charge in [-0.3, -0.25) is 9.59 Å². The number of hydrogen-bond acceptors (Lipinski definition) is 5. The van der Waals surface area contributed by atoms with E-state index in [1.54, 1.807) is 48.5 Å². The van der Waals surface area contributed by atoms with E-state index in [0.29, 0.717) is 11.3 Å². The van der Waals surface area contributed by atoms with Crippen molar-refractivity contribution in [2.24, 2.45) is 0 Å². The predicted octanol–water partition coefficient (Wildman–Crippen LogP) is 3.88. The molecule has 7 nitrogen and oxygen atoms in total. The number of para-hydroxylation sites is 1. The summed E-state index contributed by atoms with van der Waals surface area (Å²) in [5.74, 6) is -0.769. The van der Waals surface area contributed by atoms with Crippen molar-refractivity contribution < 1.29 is 22.2 Å². The largest absolute Gasteiger partial charge is 0.379 e. The predicted molar refractivity (Wildman–Crippen MR) is 122 cm³/mol. The molecule has 0 saturated carbocycles. The van der Waals surface area contributed by atoms with E-state index < -0.39 is 21.9 Å². The van der Waals surface area contributed by atoms with Gasteiger partial charge < -0.3 is 14.8 Å². The molecule has 0 bridgehead atoms. The molecular formula is C24H22N2O5S. The quantitative estimate of drug-likeness (QED) is 0.420. The molecule has 0 aliphatic carbocycles. The number of nitrogens with one attached hydrogen (secondary N) is 2. The van der Waals surface area contributed by atoms with Gasteiger partial charge in [-0.25, -0.2) is 0 Å². The third-order valence-corrected chi connectivity index (χ3v) is 5.56. The molecule has 0 aromatic heterocycles. The first kappa shape index (κ1) is 22.8. The Morgan fingerprint density at radius 3 is 2.09 bits per heavy atom. The molecule has 164 valence electrons. The molecule has 0 aliphatic rings. The number of rotatable bonds is 7. The Hall–Kier alpha value is -3.91. The van der Waals surface area contributed by atoms with Crippen LogP contribution in [0, 0.1) is 6.92 Å². The highest BCUT2D eigenvalue weighted by Crippen LogP contribution is 2.20. The molecular weight excluding hydrogens is 428 g/mol. The van der Waals surface area contributed by atoms with Gasteiger partial charge in [-0.1, -0.05) is 48.0 Å². The van der Waals surface area contributed by atoms with Gasteiger partial charge in [0.2, 0.25) is 5.91 Å². The number of anilines is 1. The molecule has 0 spiro atoms. The lowest BCUT2D eigenvalue weighted by molar-refractivity contribution is -0.120. The average molecular weight is 451 g/mol. The van der Waals surface area contributed by atoms with Crippen molar-refractivity contribution >= 4 is 33.7 Å². The topological polar surface area (TPSA) is 102 Å². The van der Waals surface area contributed by atoms with E-state index in [4.69, 9.17) is 4.18 Å². The number of carbonyl (C=O) groups is 2. The van der Waals surface area contributed by atoms with Crippen LogP contribution in [0.4, 0.5) is 5.69 Å². The average Bonchev–Trinajstić information content (AvgIpc) is 2.75. The molecule has 8 heteroatoms. The summed E-state index contributed by atoms with van der Waals surface area (Å²) in [6.07, 6.45) is 1.48. The molecule has 32 heavy (non-hydrogen) atoms. The molecule has 0 aliphatic heterocycles. The molecule has 0 heterocycles. The Kier molecular flexibility index (Phi) is 7.07. The zero-order valence-corrected chi connectivity index (χ0v) is 18.3. The molecule has 2 N–H and O–H groups in total. The molecule has 0 fully saturated rings. The zero-order valence-electron chi connectivity index (χ0n) is 17.5. The standard InChI is InChI=1S/C24H22N2O5S/c1-17-8-14-22(15-9-17)32(29,30)31-21-12-10-19(11-13-21)16-23(25-18(2)27)24(28)26-20-6-4-3-5-7-20/h3-16H,1-2H3,(H,25,27)(H,26,28)/b23-16-. The van der Waals surface area contributed by atoms with Crippen LogP contribution in [0.2, 0.25) is 0 Å². The van der Waals surface area contributed by atoms with Crippen LogP contribution >= 0.6 is 0 Å². The Labute approximate surface area is 186 Å². The van der Waals surface area contributed by atoms with Crippen LogP contribution in [-0.4, -0.2) is 20.2 Å². The van der Waals surface area contributed by atoms with Crippen molar-refractivity contribution in [1.29, 1.82) is 0 Å². The van der Waals surface area contributed by atoms with E-state index >= 15 is 0 Å². The van der Waals surface area contributed by atoms with Gasteiger partial charge in [-0.2, -0.15) is 8.42 Å². The van der Waals surface area contributed by atoms with Gasteiger partial charge in [0.15, 0.2) is 0 Å². The number of amides is 2. The minimum Gasteiger partial charge on any atom is -0.379 e. The second kappa shape index (κ2) is 9.93. The van der Waals surface area contributed by atoms with Gasteiger partial charge in [0.05, 0.1) is 0 Å². The number of benzene rings is 3. The van der Waals surface area contributed by atoms with Crippen LogP contribution in [0.25, 0.3) is 6.08 Å². The van der Waals surface area contributed by atoms with Crippen LogP contribution in [-0.2, 0) is 19.7 Å². The van der Waals surface area contributed by atoms with Gasteiger partial charge in [0, 0.05) is 12.6 Å². The van der Waals surface area contributed by atoms with Crippen LogP contribution in [0.5, 0.6) is 5.75 Å². The number of hydrogen-bond donors (Lipinski definition) is 2. The summed E-state index contributed by atoms with van der Waals surface area (Å²) in [5.41, 5.74) is 2.13. The fourth-order valence-electron chi connectivity index (χ4n) is 2.73. The third-order valence-electron chi connectivity index (χ3n) is 4.29. The van der Waals surface area contributed by atoms with E-state index in [1.165, 1.54) is 37.3 Å². The molecule has 0 radical (unpaired) electrons. The van der Waals surface area contributed by atoms with Gasteiger partial charge >= 0.3 is 10.1 Å². The lowest BCUT2D eigenvalue weighted by atomic mass is 10.1. The van der Waals surface area contributed by atoms with Crippen LogP contribution < -0.4 is 14.8 Å². The highest BCUT2D eigenvalue weighted by molar-refractivity contribution is 7.87. The van der Waals surface area contributed by atoms with Gasteiger partial charge in [0.25, 0.3) is 5.91 Å². The minimum atomic E-state index is -3.97. The lowest BCUT2D eigenvalue weighted by Gasteiger charge is -2.10. The van der Waals surface area contributed by atoms with Gasteiger partial charge in [0.1, 0.15) is 16.3 Å². The first-order valence-corrected chi connectivity index (χ1v) is 11.1. The van der Waals surface area contributed by atoms with Gasteiger partial charge in [-0.05, 0) is 55.0 Å². The molecule has 0 unspecified atom stereocenters. The Morgan fingerprint density at radius 2 is 1.50 bits per heavy atom. The molecule has 0 saturated heterocycles. The monoisotopic (exact) mass is 450 g/mol. The highest BCUT2D eigenvalue weighted by atomic mass is 32.2. The van der Waals surface area contributed by atoms with Gasteiger partial charge in [-0.15, -0.1) is 0 Å². The molecule has 2 amide bonds. The van der Waals surface area contributed by atoms with Crippen molar-refractivity contribution in [2.75, 3.05) is 5.32 Å². The summed E-state index contributed by atoms with van der Waals surface area (Å²) in [6.45, 7) is 3.16. The SMILES string of the molecule is CC(=O)N/C(=C\c1ccc(OS(=O)(=O)c2ccc(C)cc2)cc1)C(=O)Nc1ccccc1. The summed E-state index contributed by atoms with van der Waals surface area (Å²) in [6, 6.07) is 21.3. The molecule has 3 aromatic carbocycles. The number of carbonyl (C=O) groups excluding carboxylic acids is 2. The van der Waals surface area contributed by atoms with Crippen molar-refractivity contribution in [3.8, 4) is 5.75 Å². The highest BCUT2D eigenvalue weighted by Gasteiger charge is 2.16. The maximum Gasteiger partial charge on any atom is 0.339 e. The normalized spacial score (nSPS) is 11.5. The Balaban J connectivity index is 1.78. The maximum atomic E-state index is 12.6. The fraction of sp³-hybridized carbons (Fsp3) is 0.0833. The summed E-state index contributed by atoms with van der Waals surface area (Å²) in [4.78, 5) is 24.2. The second-order valence-corrected chi connectivity index (χ2v) is 8.53. The smallest absolute Gasteiger partial charge is 0.339 e. The Morgan fingerprint density at radius 1 is 0.875 bits per heavy atom. The molecule has 3 rings (SSSR count). The summed E-state index contributed by atoms with van der Waals surface area (Å²) in [7, 11) is -3.97. The van der Waals surface area contributed by atoms with E-state index in [-0.39, 0.29) is 16.3 Å². The van der Waals surface area contributed by atoms with Crippen molar-refractivity contribution in [1.82, 2.24) is 5.32 Å². The third kappa shape index (κ3) is 6.29. The summed E-state index contributed by atoms with van der Waals surface area (Å²) >= 11 is 0. The van der Waals surface area contributed by atoms with E-state index in [1.807, 2.05) is 13.0 Å². The van der Waals surface area contributed by atoms with E-state index in [2.05, 4.69) is 10.6 Å². The van der Waals surface area contributed by atoms with E-state index in [0.717, 1.165) is 5.56 Å². The van der Waals surface area contributed by atoms with Crippen molar-refractivity contribution in [3.63, 3.8) is 0 Å². The molecule has 3 aromatic rings. The summed E-state index contributed by atoms with van der Waals surface area (Å²) < 4.78 is 30.0.